The van der Waals surface area contributed by atoms with Gasteiger partial charge in [-0.05, 0) is 85.9 Å². The molecule has 2 heterocycles. The summed E-state index contributed by atoms with van der Waals surface area (Å²) in [6.45, 7) is 0.765. The van der Waals surface area contributed by atoms with E-state index in [1.165, 1.54) is 0 Å². The predicted octanol–water partition coefficient (Wildman–Crippen LogP) is 3.89. The van der Waals surface area contributed by atoms with Gasteiger partial charge in [0.25, 0.3) is 11.8 Å². The molecular formula is C27H34ClFN2O4S. The van der Waals surface area contributed by atoms with E-state index < -0.39 is 30.2 Å². The number of nitrogens with zero attached hydrogens (tertiary/aromatic N) is 1. The first-order valence-electron chi connectivity index (χ1n) is 12.7. The van der Waals surface area contributed by atoms with E-state index in [0.717, 1.165) is 53.1 Å². The average Bonchev–Trinajstić information content (AvgIpc) is 3.54. The number of carbonyl (C=O) groups is 2. The molecule has 2 aromatic rings. The number of hydrogen-bond acceptors (Lipinski definition) is 5. The lowest BCUT2D eigenvalue weighted by molar-refractivity contribution is -0.154. The Morgan fingerprint density at radius 1 is 1.14 bits per heavy atom. The molecule has 1 aromatic carbocycles. The molecule has 4 rings (SSSR count). The lowest BCUT2D eigenvalue weighted by Crippen LogP contribution is -2.53. The third kappa shape index (κ3) is 6.65. The number of carbonyl (C=O) groups excluding carboxylic acids is 2. The Morgan fingerprint density at radius 2 is 1.89 bits per heavy atom. The molecular weight excluding hydrogens is 503 g/mol. The summed E-state index contributed by atoms with van der Waals surface area (Å²) in [5, 5.41) is 26.3. The van der Waals surface area contributed by atoms with Crippen molar-refractivity contribution in [1.29, 1.82) is 0 Å². The summed E-state index contributed by atoms with van der Waals surface area (Å²) >= 11 is 7.83. The maximum Gasteiger partial charge on any atom is 0.254 e. The highest BCUT2D eigenvalue weighted by molar-refractivity contribution is 7.10. The minimum atomic E-state index is -1.83. The second-order valence-electron chi connectivity index (χ2n) is 9.87. The molecule has 1 aliphatic carbocycles. The molecule has 6 nitrogen and oxygen atoms in total. The monoisotopic (exact) mass is 536 g/mol. The molecule has 1 saturated carbocycles. The van der Waals surface area contributed by atoms with Gasteiger partial charge in [0.1, 0.15) is 6.17 Å². The van der Waals surface area contributed by atoms with Crippen LogP contribution in [0, 0.1) is 5.92 Å². The Kier molecular flexibility index (Phi) is 9.39. The maximum atomic E-state index is 13.5. The Labute approximate surface area is 220 Å². The van der Waals surface area contributed by atoms with Gasteiger partial charge >= 0.3 is 0 Å². The minimum Gasteiger partial charge on any atom is -0.380 e. The fourth-order valence-corrected chi connectivity index (χ4v) is 6.49. The summed E-state index contributed by atoms with van der Waals surface area (Å²) in [4.78, 5) is 28.1. The van der Waals surface area contributed by atoms with Gasteiger partial charge < -0.3 is 20.4 Å². The van der Waals surface area contributed by atoms with Crippen LogP contribution >= 0.6 is 22.9 Å². The van der Waals surface area contributed by atoms with E-state index in [4.69, 9.17) is 11.6 Å². The van der Waals surface area contributed by atoms with E-state index in [2.05, 4.69) is 16.8 Å². The molecule has 1 unspecified atom stereocenters. The van der Waals surface area contributed by atoms with Gasteiger partial charge in [-0.2, -0.15) is 0 Å². The topological polar surface area (TPSA) is 89.9 Å². The maximum absolute atomic E-state index is 13.5. The van der Waals surface area contributed by atoms with Crippen molar-refractivity contribution in [2.75, 3.05) is 13.1 Å². The molecule has 36 heavy (non-hydrogen) atoms. The highest BCUT2D eigenvalue weighted by Gasteiger charge is 2.41. The van der Waals surface area contributed by atoms with Crippen molar-refractivity contribution >= 4 is 34.8 Å². The van der Waals surface area contributed by atoms with E-state index in [0.29, 0.717) is 25.8 Å². The fraction of sp³-hybridized carbons (Fsp3) is 0.556. The standard InChI is InChI=1S/C27H34ClFN2O4S/c28-22-5-2-1-4-19(22)14-17-15-21(36-16-17)11-12-30-26(34)24(32)25(33)27(35)31-13-3-6-23(31)18-7-9-20(29)10-8-18/h1-2,4-5,15-16,18,20,23-25,32-33H,3,6-14H2,(H,30,34)/t18?,20?,23?,24-,25-/m1/s1. The number of nitrogens with one attached hydrogen (secondary N) is 1. The zero-order valence-corrected chi connectivity index (χ0v) is 21.8. The molecule has 3 N–H and O–H groups in total. The summed E-state index contributed by atoms with van der Waals surface area (Å²) in [7, 11) is 0. The zero-order chi connectivity index (χ0) is 25.7. The Hall–Kier alpha value is -2.00. The lowest BCUT2D eigenvalue weighted by Gasteiger charge is -2.36. The Balaban J connectivity index is 1.24. The Bertz CT molecular complexity index is 1040. The summed E-state index contributed by atoms with van der Waals surface area (Å²) in [6, 6.07) is 9.72. The molecule has 3 atom stereocenters. The first-order chi connectivity index (χ1) is 17.3. The fourth-order valence-electron chi connectivity index (χ4n) is 5.39. The number of hydrogen-bond donors (Lipinski definition) is 3. The first kappa shape index (κ1) is 27.0. The summed E-state index contributed by atoms with van der Waals surface area (Å²) in [5.74, 6) is -1.18. The number of benzene rings is 1. The number of aliphatic hydroxyl groups is 2. The van der Waals surface area contributed by atoms with Gasteiger partial charge in [-0.25, -0.2) is 4.39 Å². The van der Waals surface area contributed by atoms with Crippen molar-refractivity contribution in [3.05, 3.63) is 56.7 Å². The van der Waals surface area contributed by atoms with Crippen molar-refractivity contribution < 1.29 is 24.2 Å². The summed E-state index contributed by atoms with van der Waals surface area (Å²) < 4.78 is 13.5. The van der Waals surface area contributed by atoms with Gasteiger partial charge in [0.15, 0.2) is 12.2 Å². The van der Waals surface area contributed by atoms with Crippen molar-refractivity contribution in [3.8, 4) is 0 Å². The molecule has 0 radical (unpaired) electrons. The summed E-state index contributed by atoms with van der Waals surface area (Å²) in [6.07, 6.45) is 0.934. The van der Waals surface area contributed by atoms with Crippen LogP contribution in [0.25, 0.3) is 0 Å². The third-order valence-electron chi connectivity index (χ3n) is 7.38. The molecule has 196 valence electrons. The quantitative estimate of drug-likeness (QED) is 0.453. The van der Waals surface area contributed by atoms with Crippen LogP contribution in [0.15, 0.2) is 35.7 Å². The van der Waals surface area contributed by atoms with Crippen LogP contribution in [-0.4, -0.2) is 64.4 Å². The van der Waals surface area contributed by atoms with E-state index >= 15 is 0 Å². The van der Waals surface area contributed by atoms with Crippen molar-refractivity contribution in [2.24, 2.45) is 5.92 Å². The molecule has 1 aliphatic heterocycles. The molecule has 1 saturated heterocycles. The van der Waals surface area contributed by atoms with Crippen LogP contribution in [0.3, 0.4) is 0 Å². The van der Waals surface area contributed by atoms with Gasteiger partial charge in [-0.1, -0.05) is 29.8 Å². The van der Waals surface area contributed by atoms with Crippen LogP contribution in [0.2, 0.25) is 5.02 Å². The first-order valence-corrected chi connectivity index (χ1v) is 14.0. The van der Waals surface area contributed by atoms with Gasteiger partial charge in [0.2, 0.25) is 0 Å². The second kappa shape index (κ2) is 12.5. The summed E-state index contributed by atoms with van der Waals surface area (Å²) in [5.41, 5.74) is 2.18. The second-order valence-corrected chi connectivity index (χ2v) is 11.3. The number of thiophene rings is 1. The van der Waals surface area contributed by atoms with Crippen LogP contribution in [0.4, 0.5) is 4.39 Å². The Morgan fingerprint density at radius 3 is 2.64 bits per heavy atom. The van der Waals surface area contributed by atoms with E-state index in [1.807, 2.05) is 24.3 Å². The van der Waals surface area contributed by atoms with Gasteiger partial charge in [0.05, 0.1) is 0 Å². The molecule has 0 bridgehead atoms. The molecule has 9 heteroatoms. The van der Waals surface area contributed by atoms with Crippen LogP contribution in [0.5, 0.6) is 0 Å². The van der Waals surface area contributed by atoms with E-state index in [9.17, 15) is 24.2 Å². The van der Waals surface area contributed by atoms with Gasteiger partial charge in [-0.15, -0.1) is 11.3 Å². The molecule has 2 fully saturated rings. The molecule has 2 aliphatic rings. The van der Waals surface area contributed by atoms with Crippen molar-refractivity contribution in [1.82, 2.24) is 10.2 Å². The molecule has 1 aromatic heterocycles. The predicted molar refractivity (Wildman–Crippen MR) is 139 cm³/mol. The van der Waals surface area contributed by atoms with Gasteiger partial charge in [0, 0.05) is 29.0 Å². The minimum absolute atomic E-state index is 0.0614. The number of alkyl halides is 1. The SMILES string of the molecule is O=C(NCCc1cc(Cc2ccccc2Cl)cs1)[C@H](O)[C@@H](O)C(=O)N1CCCC1C1CCC(F)CC1. The van der Waals surface area contributed by atoms with Crippen LogP contribution < -0.4 is 5.32 Å². The van der Waals surface area contributed by atoms with E-state index in [1.54, 1.807) is 16.2 Å². The third-order valence-corrected chi connectivity index (χ3v) is 8.79. The number of rotatable bonds is 9. The van der Waals surface area contributed by atoms with Gasteiger partial charge in [-0.3, -0.25) is 9.59 Å². The van der Waals surface area contributed by atoms with E-state index in [-0.39, 0.29) is 18.5 Å². The normalized spacial score (nSPS) is 23.9. The average molecular weight is 537 g/mol. The number of likely N-dealkylation sites (tertiary alicyclic amines) is 1. The number of halogens is 2. The van der Waals surface area contributed by atoms with Crippen LogP contribution in [-0.2, 0) is 22.4 Å². The number of aliphatic hydroxyl groups excluding tert-OH is 2. The number of amides is 2. The largest absolute Gasteiger partial charge is 0.380 e. The van der Waals surface area contributed by atoms with Crippen molar-refractivity contribution in [3.63, 3.8) is 0 Å². The lowest BCUT2D eigenvalue weighted by atomic mass is 9.82. The smallest absolute Gasteiger partial charge is 0.254 e. The van der Waals surface area contributed by atoms with Crippen molar-refractivity contribution in [2.45, 2.75) is 75.8 Å². The molecule has 0 spiro atoms. The molecule has 2 amide bonds. The highest BCUT2D eigenvalue weighted by Crippen LogP contribution is 2.35. The van der Waals surface area contributed by atoms with Crippen LogP contribution in [0.1, 0.15) is 54.5 Å². The zero-order valence-electron chi connectivity index (χ0n) is 20.2. The highest BCUT2D eigenvalue weighted by atomic mass is 35.5.